The molecule has 0 aliphatic carbocycles. The number of benzene rings is 1. The number of aromatic nitrogens is 5. The van der Waals surface area contributed by atoms with Crippen LogP contribution >= 0.6 is 0 Å². The van der Waals surface area contributed by atoms with Crippen LogP contribution in [0.5, 0.6) is 0 Å². The highest BCUT2D eigenvalue weighted by Gasteiger charge is 2.37. The Morgan fingerprint density at radius 1 is 1.18 bits per heavy atom. The Balaban J connectivity index is 1.70. The minimum Gasteiger partial charge on any atom is -0.325 e. The average Bonchev–Trinajstić information content (AvgIpc) is 3.30. The number of aryl methyl sites for hydroxylation is 2. The Labute approximate surface area is 165 Å². The zero-order chi connectivity index (χ0) is 19.8. The van der Waals surface area contributed by atoms with Gasteiger partial charge in [-0.15, -0.1) is 0 Å². The van der Waals surface area contributed by atoms with Crippen LogP contribution in [0.25, 0.3) is 11.4 Å². The molecule has 1 aromatic carbocycles. The third-order valence-corrected chi connectivity index (χ3v) is 5.28. The van der Waals surface area contributed by atoms with Crippen LogP contribution in [0.15, 0.2) is 36.4 Å². The van der Waals surface area contributed by atoms with E-state index in [0.29, 0.717) is 24.6 Å². The number of fused-ring (bicyclic) bond motifs is 1. The summed E-state index contributed by atoms with van der Waals surface area (Å²) in [6, 6.07) is 11.7. The number of carbonyl (C=O) groups excluding carboxylic acids is 1. The van der Waals surface area contributed by atoms with Crippen molar-refractivity contribution < 1.29 is 4.79 Å². The molecule has 3 heterocycles. The van der Waals surface area contributed by atoms with Gasteiger partial charge in [-0.3, -0.25) is 9.48 Å². The van der Waals surface area contributed by atoms with Crippen LogP contribution in [0.4, 0.5) is 0 Å². The van der Waals surface area contributed by atoms with Crippen LogP contribution in [0.3, 0.4) is 0 Å². The molecule has 3 aromatic rings. The third kappa shape index (κ3) is 3.10. The Morgan fingerprint density at radius 3 is 2.57 bits per heavy atom. The van der Waals surface area contributed by atoms with Crippen LogP contribution in [0.1, 0.15) is 48.8 Å². The average molecular weight is 378 g/mol. The summed E-state index contributed by atoms with van der Waals surface area (Å²) in [7, 11) is 0. The summed E-state index contributed by atoms with van der Waals surface area (Å²) in [5.74, 6) is 1.73. The zero-order valence-corrected chi connectivity index (χ0v) is 16.8. The minimum absolute atomic E-state index is 0.0375. The summed E-state index contributed by atoms with van der Waals surface area (Å²) in [6.45, 7) is 10.2. The molecular formula is C21H26N6O. The molecule has 7 heteroatoms. The van der Waals surface area contributed by atoms with E-state index in [1.54, 1.807) is 0 Å². The Bertz CT molecular complexity index is 988. The van der Waals surface area contributed by atoms with Gasteiger partial charge in [0.2, 0.25) is 0 Å². The summed E-state index contributed by atoms with van der Waals surface area (Å²) >= 11 is 0. The maximum Gasteiger partial charge on any atom is 0.275 e. The van der Waals surface area contributed by atoms with E-state index in [-0.39, 0.29) is 17.9 Å². The van der Waals surface area contributed by atoms with Gasteiger partial charge >= 0.3 is 0 Å². The van der Waals surface area contributed by atoms with E-state index in [0.717, 1.165) is 23.6 Å². The van der Waals surface area contributed by atoms with Gasteiger partial charge in [-0.2, -0.15) is 10.2 Å². The van der Waals surface area contributed by atoms with Crippen LogP contribution in [-0.4, -0.2) is 41.9 Å². The molecule has 0 radical (unpaired) electrons. The van der Waals surface area contributed by atoms with E-state index in [1.807, 2.05) is 64.5 Å². The van der Waals surface area contributed by atoms with Crippen molar-refractivity contribution in [1.29, 1.82) is 0 Å². The van der Waals surface area contributed by atoms with Gasteiger partial charge in [0, 0.05) is 24.3 Å². The van der Waals surface area contributed by atoms with E-state index in [9.17, 15) is 4.79 Å². The predicted octanol–water partition coefficient (Wildman–Crippen LogP) is 3.32. The van der Waals surface area contributed by atoms with Gasteiger partial charge in [-0.1, -0.05) is 44.2 Å². The highest BCUT2D eigenvalue weighted by molar-refractivity contribution is 5.92. The third-order valence-electron chi connectivity index (χ3n) is 5.28. The number of carbonyl (C=O) groups is 1. The van der Waals surface area contributed by atoms with Gasteiger partial charge in [-0.05, 0) is 25.8 Å². The first kappa shape index (κ1) is 18.4. The molecular weight excluding hydrogens is 352 g/mol. The lowest BCUT2D eigenvalue weighted by molar-refractivity contribution is 0.0530. The minimum atomic E-state index is -0.127. The molecule has 0 spiro atoms. The fourth-order valence-corrected chi connectivity index (χ4v) is 3.90. The Kier molecular flexibility index (Phi) is 4.75. The molecule has 1 atom stereocenters. The standard InChI is InChI=1S/C21H26N6O/c1-5-26-15(4)13-17(23-26)21(28)25-11-12-27-20(18(25)14(2)3)22-19(24-27)16-9-7-6-8-10-16/h6-10,13-14,18H,5,11-12H2,1-4H3/t18-/m0/s1. The number of hydrogen-bond donors (Lipinski definition) is 0. The highest BCUT2D eigenvalue weighted by atomic mass is 16.2. The zero-order valence-electron chi connectivity index (χ0n) is 16.8. The lowest BCUT2D eigenvalue weighted by Gasteiger charge is -2.37. The molecule has 0 saturated carbocycles. The van der Waals surface area contributed by atoms with Crippen LogP contribution in [-0.2, 0) is 13.1 Å². The van der Waals surface area contributed by atoms with Crippen molar-refractivity contribution in [2.75, 3.05) is 6.54 Å². The van der Waals surface area contributed by atoms with E-state index >= 15 is 0 Å². The van der Waals surface area contributed by atoms with E-state index in [2.05, 4.69) is 18.9 Å². The lowest BCUT2D eigenvalue weighted by atomic mass is 9.99. The van der Waals surface area contributed by atoms with Crippen LogP contribution in [0.2, 0.25) is 0 Å². The van der Waals surface area contributed by atoms with Crippen LogP contribution in [0, 0.1) is 12.8 Å². The second kappa shape index (κ2) is 7.22. The lowest BCUT2D eigenvalue weighted by Crippen LogP contribution is -2.44. The molecule has 0 fully saturated rings. The first-order valence-electron chi connectivity index (χ1n) is 9.85. The molecule has 1 aliphatic heterocycles. The topological polar surface area (TPSA) is 68.8 Å². The maximum atomic E-state index is 13.3. The summed E-state index contributed by atoms with van der Waals surface area (Å²) < 4.78 is 3.81. The molecule has 28 heavy (non-hydrogen) atoms. The normalized spacial score (nSPS) is 16.5. The van der Waals surface area contributed by atoms with Crippen molar-refractivity contribution in [1.82, 2.24) is 29.4 Å². The summed E-state index contributed by atoms with van der Waals surface area (Å²) in [5.41, 5.74) is 2.49. The molecule has 2 aromatic heterocycles. The van der Waals surface area contributed by atoms with Gasteiger partial charge in [0.25, 0.3) is 5.91 Å². The number of rotatable bonds is 4. The summed E-state index contributed by atoms with van der Waals surface area (Å²) in [6.07, 6.45) is 0. The SMILES string of the molecule is CCn1nc(C(=O)N2CCn3nc(-c4ccccc4)nc3[C@@H]2C(C)C)cc1C. The molecule has 0 saturated heterocycles. The Hall–Kier alpha value is -2.96. The smallest absolute Gasteiger partial charge is 0.275 e. The first-order valence-corrected chi connectivity index (χ1v) is 9.85. The van der Waals surface area contributed by atoms with Crippen LogP contribution < -0.4 is 0 Å². The maximum absolute atomic E-state index is 13.3. The van der Waals surface area contributed by atoms with Gasteiger partial charge in [0.1, 0.15) is 0 Å². The second-order valence-electron chi connectivity index (χ2n) is 7.56. The first-order chi connectivity index (χ1) is 13.5. The number of amides is 1. The number of nitrogens with zero attached hydrogens (tertiary/aromatic N) is 6. The van der Waals surface area contributed by atoms with Crippen molar-refractivity contribution in [3.05, 3.63) is 53.6 Å². The predicted molar refractivity (Wildman–Crippen MR) is 107 cm³/mol. The number of hydrogen-bond acceptors (Lipinski definition) is 4. The fraction of sp³-hybridized carbons (Fsp3) is 0.429. The summed E-state index contributed by atoms with van der Waals surface area (Å²) in [5, 5.41) is 9.19. The van der Waals surface area contributed by atoms with Crippen molar-refractivity contribution in [3.8, 4) is 11.4 Å². The Morgan fingerprint density at radius 2 is 1.93 bits per heavy atom. The highest BCUT2D eigenvalue weighted by Crippen LogP contribution is 2.33. The van der Waals surface area contributed by atoms with Gasteiger partial charge < -0.3 is 4.90 Å². The summed E-state index contributed by atoms with van der Waals surface area (Å²) in [4.78, 5) is 20.0. The molecule has 0 unspecified atom stereocenters. The quantitative estimate of drug-likeness (QED) is 0.698. The van der Waals surface area contributed by atoms with Gasteiger partial charge in [0.15, 0.2) is 17.3 Å². The fourth-order valence-electron chi connectivity index (χ4n) is 3.90. The van der Waals surface area contributed by atoms with Crippen molar-refractivity contribution in [2.24, 2.45) is 5.92 Å². The van der Waals surface area contributed by atoms with Crippen molar-refractivity contribution in [3.63, 3.8) is 0 Å². The van der Waals surface area contributed by atoms with Gasteiger partial charge in [-0.25, -0.2) is 9.67 Å². The monoisotopic (exact) mass is 378 g/mol. The molecule has 7 nitrogen and oxygen atoms in total. The second-order valence-corrected chi connectivity index (χ2v) is 7.56. The largest absolute Gasteiger partial charge is 0.325 e. The van der Waals surface area contributed by atoms with Gasteiger partial charge in [0.05, 0.1) is 12.6 Å². The molecule has 4 rings (SSSR count). The molecule has 1 amide bonds. The van der Waals surface area contributed by atoms with Crippen molar-refractivity contribution in [2.45, 2.75) is 46.8 Å². The van der Waals surface area contributed by atoms with E-state index in [1.165, 1.54) is 0 Å². The molecule has 0 bridgehead atoms. The van der Waals surface area contributed by atoms with E-state index in [4.69, 9.17) is 10.1 Å². The molecule has 146 valence electrons. The molecule has 1 aliphatic rings. The van der Waals surface area contributed by atoms with Crippen molar-refractivity contribution >= 4 is 5.91 Å². The van der Waals surface area contributed by atoms with E-state index < -0.39 is 0 Å². The molecule has 0 N–H and O–H groups in total.